The molecule has 0 bridgehead atoms. The molecular weight excluding hydrogens is 350 g/mol. The molecule has 0 saturated carbocycles. The number of anilines is 2. The summed E-state index contributed by atoms with van der Waals surface area (Å²) in [7, 11) is 0. The highest BCUT2D eigenvalue weighted by Crippen LogP contribution is 2.39. The van der Waals surface area contributed by atoms with Gasteiger partial charge in [-0.25, -0.2) is 4.98 Å². The first-order chi connectivity index (χ1) is 13.5. The topological polar surface area (TPSA) is 92.9 Å². The summed E-state index contributed by atoms with van der Waals surface area (Å²) in [6.07, 6.45) is 5.16. The molecule has 1 aliphatic rings. The average molecular weight is 373 g/mol. The third-order valence-electron chi connectivity index (χ3n) is 5.19. The zero-order valence-electron chi connectivity index (χ0n) is 16.0. The third-order valence-corrected chi connectivity index (χ3v) is 5.19. The van der Waals surface area contributed by atoms with Gasteiger partial charge in [-0.05, 0) is 46.5 Å². The molecule has 4 rings (SSSR count). The van der Waals surface area contributed by atoms with E-state index < -0.39 is 5.91 Å². The van der Waals surface area contributed by atoms with Crippen LogP contribution in [0, 0.1) is 0 Å². The van der Waals surface area contributed by atoms with Gasteiger partial charge in [0.05, 0.1) is 5.56 Å². The zero-order chi connectivity index (χ0) is 19.7. The van der Waals surface area contributed by atoms with E-state index in [-0.39, 0.29) is 5.41 Å². The van der Waals surface area contributed by atoms with Crippen LogP contribution in [0.1, 0.15) is 35.3 Å². The lowest BCUT2D eigenvalue weighted by atomic mass is 9.86. The minimum Gasteiger partial charge on any atom is -0.384 e. The maximum absolute atomic E-state index is 12.3. The normalized spacial score (nSPS) is 14.2. The molecule has 0 unspecified atom stereocenters. The van der Waals surface area contributed by atoms with Gasteiger partial charge in [-0.2, -0.15) is 0 Å². The Balaban J connectivity index is 1.71. The Morgan fingerprint density at radius 1 is 1.18 bits per heavy atom. The van der Waals surface area contributed by atoms with E-state index in [1.165, 1.54) is 5.56 Å². The van der Waals surface area contributed by atoms with Crippen LogP contribution in [-0.2, 0) is 12.0 Å². The number of nitrogens with zero attached hydrogens (tertiary/aromatic N) is 2. The number of benzene rings is 1. The standard InChI is InChI=1S/C22H23N5O/c1-22(2)13-27-18-11-15(3-4-17(18)22)16-7-10-25-21(19(16)20(23)28)26-12-14-5-8-24-9-6-14/h3-11,27H,12-13H2,1-2H3,(H2,23,28)(H,25,26). The number of pyridine rings is 2. The minimum atomic E-state index is -0.505. The van der Waals surface area contributed by atoms with Crippen LogP contribution in [-0.4, -0.2) is 22.4 Å². The van der Waals surface area contributed by atoms with Gasteiger partial charge in [0.25, 0.3) is 5.91 Å². The molecule has 0 spiro atoms. The Bertz CT molecular complexity index is 1030. The minimum absolute atomic E-state index is 0.0931. The molecule has 142 valence electrons. The predicted molar refractivity (Wildman–Crippen MR) is 111 cm³/mol. The number of amides is 1. The van der Waals surface area contributed by atoms with E-state index in [1.807, 2.05) is 24.3 Å². The fraction of sp³-hybridized carbons (Fsp3) is 0.227. The van der Waals surface area contributed by atoms with E-state index in [9.17, 15) is 4.79 Å². The lowest BCUT2D eigenvalue weighted by Crippen LogP contribution is -2.18. The third kappa shape index (κ3) is 3.29. The molecule has 3 heterocycles. The molecule has 0 radical (unpaired) electrons. The van der Waals surface area contributed by atoms with Gasteiger partial charge in [0, 0.05) is 42.8 Å². The monoisotopic (exact) mass is 373 g/mol. The quantitative estimate of drug-likeness (QED) is 0.636. The number of aromatic nitrogens is 2. The first kappa shape index (κ1) is 18.0. The predicted octanol–water partition coefficient (Wildman–Crippen LogP) is 3.56. The van der Waals surface area contributed by atoms with E-state index in [0.717, 1.165) is 28.9 Å². The highest BCUT2D eigenvalue weighted by atomic mass is 16.1. The Kier molecular flexibility index (Phi) is 4.47. The Morgan fingerprint density at radius 3 is 2.71 bits per heavy atom. The van der Waals surface area contributed by atoms with Crippen LogP contribution in [0.4, 0.5) is 11.5 Å². The second-order valence-corrected chi connectivity index (χ2v) is 7.65. The SMILES string of the molecule is CC1(C)CNc2cc(-c3ccnc(NCc4ccncc4)c3C(N)=O)ccc21. The summed E-state index contributed by atoms with van der Waals surface area (Å²) in [4.78, 5) is 20.6. The zero-order valence-corrected chi connectivity index (χ0v) is 16.0. The highest BCUT2D eigenvalue weighted by Gasteiger charge is 2.30. The number of nitrogens with two attached hydrogens (primary N) is 1. The molecule has 1 amide bonds. The summed E-state index contributed by atoms with van der Waals surface area (Å²) in [5.41, 5.74) is 11.4. The van der Waals surface area contributed by atoms with E-state index in [4.69, 9.17) is 5.73 Å². The summed E-state index contributed by atoms with van der Waals surface area (Å²) >= 11 is 0. The molecule has 4 N–H and O–H groups in total. The molecule has 3 aromatic rings. The van der Waals surface area contributed by atoms with Crippen LogP contribution in [0.5, 0.6) is 0 Å². The Morgan fingerprint density at radius 2 is 1.96 bits per heavy atom. The van der Waals surface area contributed by atoms with E-state index in [1.54, 1.807) is 18.6 Å². The second-order valence-electron chi connectivity index (χ2n) is 7.65. The van der Waals surface area contributed by atoms with Crippen molar-refractivity contribution in [2.24, 2.45) is 5.73 Å². The summed E-state index contributed by atoms with van der Waals surface area (Å²) < 4.78 is 0. The van der Waals surface area contributed by atoms with Gasteiger partial charge in [0.15, 0.2) is 0 Å². The van der Waals surface area contributed by atoms with Crippen molar-refractivity contribution in [2.45, 2.75) is 25.8 Å². The molecule has 0 aliphatic carbocycles. The van der Waals surface area contributed by atoms with E-state index in [0.29, 0.717) is 17.9 Å². The van der Waals surface area contributed by atoms with Gasteiger partial charge >= 0.3 is 0 Å². The number of carbonyl (C=O) groups excluding carboxylic acids is 1. The second kappa shape index (κ2) is 6.96. The van der Waals surface area contributed by atoms with E-state index in [2.05, 4.69) is 46.6 Å². The Hall–Kier alpha value is -3.41. The van der Waals surface area contributed by atoms with Crippen LogP contribution in [0.3, 0.4) is 0 Å². The van der Waals surface area contributed by atoms with Gasteiger partial charge in [0.1, 0.15) is 5.82 Å². The number of rotatable bonds is 5. The van der Waals surface area contributed by atoms with Crippen molar-refractivity contribution < 1.29 is 4.79 Å². The molecule has 2 aromatic heterocycles. The molecule has 28 heavy (non-hydrogen) atoms. The van der Waals surface area contributed by atoms with Crippen LogP contribution >= 0.6 is 0 Å². The van der Waals surface area contributed by atoms with Gasteiger partial charge < -0.3 is 16.4 Å². The molecule has 0 saturated heterocycles. The molecule has 1 aliphatic heterocycles. The first-order valence-electron chi connectivity index (χ1n) is 9.26. The van der Waals surface area contributed by atoms with Crippen molar-refractivity contribution >= 4 is 17.4 Å². The number of hydrogen-bond donors (Lipinski definition) is 3. The van der Waals surface area contributed by atoms with Crippen LogP contribution in [0.2, 0.25) is 0 Å². The van der Waals surface area contributed by atoms with Crippen molar-refractivity contribution in [3.8, 4) is 11.1 Å². The fourth-order valence-electron chi connectivity index (χ4n) is 3.63. The van der Waals surface area contributed by atoms with Gasteiger partial charge in [-0.3, -0.25) is 9.78 Å². The van der Waals surface area contributed by atoms with Gasteiger partial charge in [-0.15, -0.1) is 0 Å². The Labute approximate surface area is 164 Å². The van der Waals surface area contributed by atoms with Crippen molar-refractivity contribution in [1.29, 1.82) is 0 Å². The van der Waals surface area contributed by atoms with Crippen LogP contribution < -0.4 is 16.4 Å². The molecule has 6 heteroatoms. The summed E-state index contributed by atoms with van der Waals surface area (Å²) in [6.45, 7) is 5.85. The molecule has 1 aromatic carbocycles. The fourth-order valence-corrected chi connectivity index (χ4v) is 3.63. The van der Waals surface area contributed by atoms with Gasteiger partial charge in [0.2, 0.25) is 0 Å². The van der Waals surface area contributed by atoms with Crippen molar-refractivity contribution in [3.63, 3.8) is 0 Å². The lowest BCUT2D eigenvalue weighted by molar-refractivity contribution is 0.100. The number of nitrogens with one attached hydrogen (secondary N) is 2. The number of primary amides is 1. The number of carbonyl (C=O) groups is 1. The molecular formula is C22H23N5O. The highest BCUT2D eigenvalue weighted by molar-refractivity contribution is 6.04. The maximum Gasteiger partial charge on any atom is 0.253 e. The maximum atomic E-state index is 12.3. The molecule has 0 fully saturated rings. The number of hydrogen-bond acceptors (Lipinski definition) is 5. The van der Waals surface area contributed by atoms with E-state index >= 15 is 0 Å². The van der Waals surface area contributed by atoms with Crippen molar-refractivity contribution in [3.05, 3.63) is 71.7 Å². The van der Waals surface area contributed by atoms with Crippen LogP contribution in [0.15, 0.2) is 55.0 Å². The van der Waals surface area contributed by atoms with Crippen molar-refractivity contribution in [1.82, 2.24) is 9.97 Å². The van der Waals surface area contributed by atoms with Gasteiger partial charge in [-0.1, -0.05) is 26.0 Å². The first-order valence-corrected chi connectivity index (χ1v) is 9.26. The largest absolute Gasteiger partial charge is 0.384 e. The summed E-state index contributed by atoms with van der Waals surface area (Å²) in [6, 6.07) is 11.9. The van der Waals surface area contributed by atoms with Crippen LogP contribution in [0.25, 0.3) is 11.1 Å². The summed E-state index contributed by atoms with van der Waals surface area (Å²) in [5, 5.41) is 6.69. The van der Waals surface area contributed by atoms with Crippen molar-refractivity contribution in [2.75, 3.05) is 17.2 Å². The average Bonchev–Trinajstić information content (AvgIpc) is 3.01. The lowest BCUT2D eigenvalue weighted by Gasteiger charge is -2.17. The molecule has 6 nitrogen and oxygen atoms in total. The molecule has 0 atom stereocenters. The smallest absolute Gasteiger partial charge is 0.253 e. The summed E-state index contributed by atoms with van der Waals surface area (Å²) in [5.74, 6) is -0.0234. The number of fused-ring (bicyclic) bond motifs is 1.